The highest BCUT2D eigenvalue weighted by Gasteiger charge is 2.44. The maximum atomic E-state index is 3.89. The maximum Gasteiger partial charge on any atom is 0.123 e. The molecule has 230 valence electrons. The fraction of sp³-hybridized carbons (Fsp3) is 0.550. The van der Waals surface area contributed by atoms with Gasteiger partial charge in [-0.2, -0.15) is 0 Å². The molecular formula is C40H55N3. The monoisotopic (exact) mass is 577 g/mol. The third-order valence-corrected chi connectivity index (χ3v) is 11.4. The Morgan fingerprint density at radius 1 is 1.09 bits per heavy atom. The molecule has 43 heavy (non-hydrogen) atoms. The molecule has 6 rings (SSSR count). The fourth-order valence-corrected chi connectivity index (χ4v) is 9.18. The van der Waals surface area contributed by atoms with Crippen LogP contribution >= 0.6 is 0 Å². The van der Waals surface area contributed by atoms with E-state index in [1.165, 1.54) is 60.3 Å². The molecule has 0 aromatic heterocycles. The first-order chi connectivity index (χ1) is 20.9. The van der Waals surface area contributed by atoms with Gasteiger partial charge >= 0.3 is 0 Å². The second-order valence-electron chi connectivity index (χ2n) is 14.1. The van der Waals surface area contributed by atoms with Crippen molar-refractivity contribution in [1.29, 1.82) is 0 Å². The molecule has 0 amide bonds. The number of nitrogens with one attached hydrogen (secondary N) is 1. The van der Waals surface area contributed by atoms with Gasteiger partial charge in [0, 0.05) is 36.4 Å². The van der Waals surface area contributed by atoms with Crippen LogP contribution in [0.5, 0.6) is 0 Å². The van der Waals surface area contributed by atoms with Crippen LogP contribution in [0.3, 0.4) is 0 Å². The molecule has 0 aromatic carbocycles. The van der Waals surface area contributed by atoms with Crippen LogP contribution < -0.4 is 5.32 Å². The van der Waals surface area contributed by atoms with E-state index in [0.29, 0.717) is 23.7 Å². The SMILES string of the molecule is C/C=C(\C=C/[C@H](C)C1C2=C(NC3C=CC=CN23)C2=C(C=CCC2)N1C)C1C=C[C@@H]2C=CC(C)C([C@H](C)CCCCC)C2C1. The lowest BCUT2D eigenvalue weighted by atomic mass is 9.60. The Kier molecular flexibility index (Phi) is 9.08. The fourth-order valence-electron chi connectivity index (χ4n) is 9.18. The third kappa shape index (κ3) is 5.69. The first kappa shape index (κ1) is 30.1. The Hall–Kier alpha value is -2.94. The largest absolute Gasteiger partial charge is 0.365 e. The van der Waals surface area contributed by atoms with Crippen molar-refractivity contribution in [2.24, 2.45) is 41.4 Å². The van der Waals surface area contributed by atoms with Crippen LogP contribution in [0.25, 0.3) is 0 Å². The molecule has 0 fully saturated rings. The summed E-state index contributed by atoms with van der Waals surface area (Å²) in [7, 11) is 2.31. The highest BCUT2D eigenvalue weighted by Crippen LogP contribution is 2.48. The van der Waals surface area contributed by atoms with Crippen molar-refractivity contribution in [1.82, 2.24) is 15.1 Å². The minimum absolute atomic E-state index is 0.218. The summed E-state index contributed by atoms with van der Waals surface area (Å²) in [6.45, 7) is 12.0. The summed E-state index contributed by atoms with van der Waals surface area (Å²) in [6.07, 6.45) is 40.2. The van der Waals surface area contributed by atoms with E-state index in [0.717, 1.165) is 30.6 Å². The van der Waals surface area contributed by atoms with Gasteiger partial charge in [-0.15, -0.1) is 0 Å². The van der Waals surface area contributed by atoms with Crippen molar-refractivity contribution in [2.45, 2.75) is 91.8 Å². The summed E-state index contributed by atoms with van der Waals surface area (Å²) in [4.78, 5) is 5.03. The molecule has 0 radical (unpaired) electrons. The molecular weight excluding hydrogens is 522 g/mol. The second-order valence-corrected chi connectivity index (χ2v) is 14.1. The first-order valence-electron chi connectivity index (χ1n) is 17.4. The molecule has 3 nitrogen and oxygen atoms in total. The summed E-state index contributed by atoms with van der Waals surface area (Å²) in [5, 5.41) is 3.89. The van der Waals surface area contributed by atoms with Gasteiger partial charge in [-0.1, -0.05) is 108 Å². The molecule has 9 atom stereocenters. The van der Waals surface area contributed by atoms with Crippen LogP contribution in [0.2, 0.25) is 0 Å². The van der Waals surface area contributed by atoms with Crippen molar-refractivity contribution < 1.29 is 0 Å². The normalized spacial score (nSPS) is 34.4. The highest BCUT2D eigenvalue weighted by atomic mass is 15.4. The zero-order valence-corrected chi connectivity index (χ0v) is 27.5. The van der Waals surface area contributed by atoms with Gasteiger partial charge in [0.05, 0.1) is 17.4 Å². The Balaban J connectivity index is 1.21. The molecule has 3 aliphatic heterocycles. The van der Waals surface area contributed by atoms with E-state index in [1.807, 2.05) is 0 Å². The molecule has 6 unspecified atom stereocenters. The predicted molar refractivity (Wildman–Crippen MR) is 182 cm³/mol. The van der Waals surface area contributed by atoms with Crippen LogP contribution in [0.15, 0.2) is 107 Å². The summed E-state index contributed by atoms with van der Waals surface area (Å²) in [5.41, 5.74) is 7.16. The topological polar surface area (TPSA) is 18.5 Å². The smallest absolute Gasteiger partial charge is 0.123 e. The molecule has 0 saturated heterocycles. The van der Waals surface area contributed by atoms with Crippen LogP contribution in [0.1, 0.15) is 79.6 Å². The zero-order valence-electron chi connectivity index (χ0n) is 27.5. The van der Waals surface area contributed by atoms with Crippen molar-refractivity contribution >= 4 is 0 Å². The van der Waals surface area contributed by atoms with E-state index in [-0.39, 0.29) is 12.2 Å². The van der Waals surface area contributed by atoms with Gasteiger partial charge in [0.15, 0.2) is 0 Å². The van der Waals surface area contributed by atoms with E-state index in [1.54, 1.807) is 0 Å². The lowest BCUT2D eigenvalue weighted by Crippen LogP contribution is -2.44. The molecule has 0 aromatic rings. The van der Waals surface area contributed by atoms with Gasteiger partial charge in [-0.05, 0) is 79.6 Å². The minimum atomic E-state index is 0.218. The maximum absolute atomic E-state index is 3.89. The molecule has 0 saturated carbocycles. The van der Waals surface area contributed by atoms with Crippen LogP contribution in [-0.2, 0) is 0 Å². The lowest BCUT2D eigenvalue weighted by molar-refractivity contribution is 0.125. The molecule has 0 spiro atoms. The number of unbranched alkanes of at least 4 members (excludes halogenated alkanes) is 2. The predicted octanol–water partition coefficient (Wildman–Crippen LogP) is 9.42. The molecule has 3 heterocycles. The van der Waals surface area contributed by atoms with Gasteiger partial charge in [-0.25, -0.2) is 0 Å². The number of rotatable bonds is 9. The number of fused-ring (bicyclic) bond motifs is 4. The van der Waals surface area contributed by atoms with E-state index in [2.05, 4.69) is 136 Å². The summed E-state index contributed by atoms with van der Waals surface area (Å²) in [5.74, 6) is 4.45. The number of likely N-dealkylation sites (N-methyl/N-ethyl adjacent to an activating group) is 1. The second kappa shape index (κ2) is 13.0. The van der Waals surface area contributed by atoms with Crippen molar-refractivity contribution in [3.05, 3.63) is 107 Å². The van der Waals surface area contributed by atoms with Crippen molar-refractivity contribution in [3.63, 3.8) is 0 Å². The molecule has 1 N–H and O–H groups in total. The minimum Gasteiger partial charge on any atom is -0.365 e. The molecule has 0 bridgehead atoms. The summed E-state index contributed by atoms with van der Waals surface area (Å²) < 4.78 is 0. The standard InChI is InChI=1S/C40H55N3/c1-7-9-10-15-27(3)37-28(4)19-22-31-23-24-32(26-34(31)37)30(8-2)21-20-29(5)39-40-38(41-36-18-13-14-25-43(36)40)33-16-11-12-17-35(33)42(39)6/h8,12-14,17-25,27-29,31-32,34,36-37,39,41H,7,9-11,15-16,26H2,1-6H3/b21-20-,30-8+/t27-,28?,29+,31+,32?,34?,36?,37?,39?/m1/s1. The summed E-state index contributed by atoms with van der Waals surface area (Å²) in [6, 6.07) is 0.281. The van der Waals surface area contributed by atoms with Gasteiger partial charge in [0.1, 0.15) is 6.17 Å². The van der Waals surface area contributed by atoms with Gasteiger partial charge < -0.3 is 15.1 Å². The van der Waals surface area contributed by atoms with Gasteiger partial charge in [0.25, 0.3) is 0 Å². The van der Waals surface area contributed by atoms with E-state index >= 15 is 0 Å². The van der Waals surface area contributed by atoms with Crippen molar-refractivity contribution in [2.75, 3.05) is 7.05 Å². The number of hydrogen-bond acceptors (Lipinski definition) is 3. The van der Waals surface area contributed by atoms with Crippen molar-refractivity contribution in [3.8, 4) is 0 Å². The van der Waals surface area contributed by atoms with Crippen LogP contribution in [0.4, 0.5) is 0 Å². The van der Waals surface area contributed by atoms with E-state index in [9.17, 15) is 0 Å². The Labute approximate surface area is 262 Å². The molecule has 3 heteroatoms. The Bertz CT molecular complexity index is 1310. The summed E-state index contributed by atoms with van der Waals surface area (Å²) >= 11 is 0. The van der Waals surface area contributed by atoms with E-state index in [4.69, 9.17) is 0 Å². The number of nitrogens with zero attached hydrogens (tertiary/aromatic N) is 2. The molecule has 3 aliphatic carbocycles. The zero-order chi connectivity index (χ0) is 30.1. The average molecular weight is 578 g/mol. The number of allylic oxidation sites excluding steroid dienone is 12. The Morgan fingerprint density at radius 2 is 1.93 bits per heavy atom. The van der Waals surface area contributed by atoms with Crippen LogP contribution in [0, 0.1) is 41.4 Å². The lowest BCUT2D eigenvalue weighted by Gasteiger charge is -2.44. The molecule has 6 aliphatic rings. The first-order valence-corrected chi connectivity index (χ1v) is 17.4. The van der Waals surface area contributed by atoms with Gasteiger partial charge in [-0.3, -0.25) is 0 Å². The van der Waals surface area contributed by atoms with E-state index < -0.39 is 0 Å². The van der Waals surface area contributed by atoms with Gasteiger partial charge in [0.2, 0.25) is 0 Å². The third-order valence-electron chi connectivity index (χ3n) is 11.4. The highest BCUT2D eigenvalue weighted by molar-refractivity contribution is 5.52. The Morgan fingerprint density at radius 3 is 2.74 bits per heavy atom. The average Bonchev–Trinajstić information content (AvgIpc) is 3.41. The quantitative estimate of drug-likeness (QED) is 0.167. The number of hydrogen-bond donors (Lipinski definition) is 1. The van der Waals surface area contributed by atoms with Crippen LogP contribution in [-0.4, -0.2) is 29.1 Å².